The van der Waals surface area contributed by atoms with Crippen molar-refractivity contribution in [2.75, 3.05) is 13.2 Å². The van der Waals surface area contributed by atoms with Crippen molar-refractivity contribution in [1.29, 1.82) is 0 Å². The summed E-state index contributed by atoms with van der Waals surface area (Å²) in [6, 6.07) is 5.02. The summed E-state index contributed by atoms with van der Waals surface area (Å²) in [6.45, 7) is 2.49. The maximum Gasteiger partial charge on any atom is 0.335 e. The third kappa shape index (κ3) is 18.4. The molecule has 0 aromatic heterocycles. The fourth-order valence-electron chi connectivity index (χ4n) is 1.89. The van der Waals surface area contributed by atoms with Crippen LogP contribution in [0.4, 0.5) is 0 Å². The van der Waals surface area contributed by atoms with Crippen LogP contribution in [0.25, 0.3) is 0 Å². The Morgan fingerprint density at radius 1 is 0.700 bits per heavy atom. The van der Waals surface area contributed by atoms with E-state index in [4.69, 9.17) is 30.6 Å². The molecule has 0 aliphatic heterocycles. The van der Waals surface area contributed by atoms with Crippen molar-refractivity contribution >= 4 is 23.9 Å². The minimum Gasteiger partial charge on any atom is -0.481 e. The molecule has 0 saturated carbocycles. The zero-order valence-electron chi connectivity index (χ0n) is 16.9. The molecule has 6 N–H and O–H groups in total. The van der Waals surface area contributed by atoms with E-state index in [0.29, 0.717) is 18.8 Å². The second-order valence-electron chi connectivity index (χ2n) is 6.31. The Balaban J connectivity index is 0. The molecular formula is C20H30O10. The lowest BCUT2D eigenvalue weighted by atomic mass is 10.1. The van der Waals surface area contributed by atoms with Crippen molar-refractivity contribution in [3.05, 3.63) is 35.4 Å². The van der Waals surface area contributed by atoms with Gasteiger partial charge in [0, 0.05) is 26.1 Å². The number of aliphatic hydroxyl groups excluding tert-OH is 2. The number of hydrogen-bond acceptors (Lipinski definition) is 6. The van der Waals surface area contributed by atoms with E-state index in [1.807, 2.05) is 6.92 Å². The van der Waals surface area contributed by atoms with Gasteiger partial charge in [-0.05, 0) is 55.9 Å². The number of carboxylic acids is 4. The standard InChI is InChI=1S/C8H6O4.C6H10O4.C6H14O2/c9-7(10)5-1-2-6(4-3-5)8(11)12;7-5(8)3-1-2-4-6(9)10;1-6(2-4-7)3-5-8/h1-4H,(H,9,10)(H,11,12);1-4H2,(H,7,8)(H,9,10);6-8H,2-5H2,1H3. The molecule has 0 amide bonds. The molecule has 0 saturated heterocycles. The molecule has 1 aromatic carbocycles. The van der Waals surface area contributed by atoms with Crippen molar-refractivity contribution in [3.8, 4) is 0 Å². The highest BCUT2D eigenvalue weighted by Crippen LogP contribution is 2.04. The highest BCUT2D eigenvalue weighted by atomic mass is 16.4. The maximum absolute atomic E-state index is 10.3. The summed E-state index contributed by atoms with van der Waals surface area (Å²) in [7, 11) is 0. The first-order valence-electron chi connectivity index (χ1n) is 9.27. The average molecular weight is 430 g/mol. The molecule has 0 aliphatic rings. The number of carbonyl (C=O) groups is 4. The lowest BCUT2D eigenvalue weighted by Gasteiger charge is -2.04. The summed E-state index contributed by atoms with van der Waals surface area (Å²) in [5.41, 5.74) is 0.167. The number of benzene rings is 1. The van der Waals surface area contributed by atoms with Crippen LogP contribution in [-0.4, -0.2) is 67.7 Å². The summed E-state index contributed by atoms with van der Waals surface area (Å²) < 4.78 is 0. The second kappa shape index (κ2) is 18.1. The third-order valence-corrected chi connectivity index (χ3v) is 3.65. The van der Waals surface area contributed by atoms with Crippen molar-refractivity contribution in [2.24, 2.45) is 5.92 Å². The van der Waals surface area contributed by atoms with Crippen LogP contribution < -0.4 is 0 Å². The normalized spacial score (nSPS) is 9.60. The lowest BCUT2D eigenvalue weighted by molar-refractivity contribution is -0.139. The Morgan fingerprint density at radius 3 is 1.20 bits per heavy atom. The maximum atomic E-state index is 10.3. The highest BCUT2D eigenvalue weighted by molar-refractivity contribution is 5.91. The van der Waals surface area contributed by atoms with Crippen LogP contribution in [0.15, 0.2) is 24.3 Å². The topological polar surface area (TPSA) is 190 Å². The van der Waals surface area contributed by atoms with Crippen LogP contribution >= 0.6 is 0 Å². The Labute approximate surface area is 174 Å². The van der Waals surface area contributed by atoms with Gasteiger partial charge >= 0.3 is 23.9 Å². The first kappa shape index (κ1) is 29.2. The van der Waals surface area contributed by atoms with E-state index in [-0.39, 0.29) is 37.2 Å². The SMILES string of the molecule is CC(CCO)CCO.O=C(O)CCCCC(=O)O.O=C(O)c1ccc(C(=O)O)cc1. The Morgan fingerprint density at radius 2 is 1.00 bits per heavy atom. The van der Waals surface area contributed by atoms with Gasteiger partial charge in [0.2, 0.25) is 0 Å². The fourth-order valence-corrected chi connectivity index (χ4v) is 1.89. The van der Waals surface area contributed by atoms with Gasteiger partial charge in [-0.15, -0.1) is 0 Å². The summed E-state index contributed by atoms with van der Waals surface area (Å²) >= 11 is 0. The van der Waals surface area contributed by atoms with Crippen molar-refractivity contribution in [3.63, 3.8) is 0 Å². The van der Waals surface area contributed by atoms with E-state index in [0.717, 1.165) is 12.8 Å². The lowest BCUT2D eigenvalue weighted by Crippen LogP contribution is -1.99. The molecule has 0 atom stereocenters. The van der Waals surface area contributed by atoms with Gasteiger partial charge < -0.3 is 30.6 Å². The number of hydrogen-bond donors (Lipinski definition) is 6. The number of aliphatic hydroxyl groups is 2. The summed E-state index contributed by atoms with van der Waals surface area (Å²) in [4.78, 5) is 40.5. The van der Waals surface area contributed by atoms with Crippen LogP contribution in [0.5, 0.6) is 0 Å². The fraction of sp³-hybridized carbons (Fsp3) is 0.500. The van der Waals surface area contributed by atoms with Crippen LogP contribution in [0.1, 0.15) is 66.2 Å². The molecule has 170 valence electrons. The van der Waals surface area contributed by atoms with Crippen LogP contribution in [0.3, 0.4) is 0 Å². The first-order valence-corrected chi connectivity index (χ1v) is 9.27. The van der Waals surface area contributed by atoms with E-state index in [9.17, 15) is 19.2 Å². The van der Waals surface area contributed by atoms with Crippen LogP contribution in [0, 0.1) is 5.92 Å². The number of carboxylic acid groups (broad SMARTS) is 4. The average Bonchev–Trinajstić information content (AvgIpc) is 2.66. The van der Waals surface area contributed by atoms with Gasteiger partial charge in [-0.2, -0.15) is 0 Å². The molecule has 0 aliphatic carbocycles. The predicted octanol–water partition coefficient (Wildman–Crippen LogP) is 2.19. The number of aromatic carboxylic acids is 2. The van der Waals surface area contributed by atoms with Gasteiger partial charge in [-0.3, -0.25) is 9.59 Å². The largest absolute Gasteiger partial charge is 0.481 e. The second-order valence-corrected chi connectivity index (χ2v) is 6.31. The molecule has 30 heavy (non-hydrogen) atoms. The van der Waals surface area contributed by atoms with Gasteiger partial charge in [0.15, 0.2) is 0 Å². The summed E-state index contributed by atoms with van der Waals surface area (Å²) in [6.07, 6.45) is 2.63. The molecular weight excluding hydrogens is 400 g/mol. The molecule has 1 rings (SSSR count). The van der Waals surface area contributed by atoms with Gasteiger partial charge in [0.25, 0.3) is 0 Å². The molecule has 0 spiro atoms. The molecule has 1 aromatic rings. The molecule has 0 radical (unpaired) electrons. The van der Waals surface area contributed by atoms with Crippen molar-refractivity contribution in [2.45, 2.75) is 45.4 Å². The quantitative estimate of drug-likeness (QED) is 0.284. The number of rotatable bonds is 11. The van der Waals surface area contributed by atoms with Gasteiger partial charge in [0.05, 0.1) is 11.1 Å². The van der Waals surface area contributed by atoms with Crippen LogP contribution in [-0.2, 0) is 9.59 Å². The van der Waals surface area contributed by atoms with Crippen molar-refractivity contribution < 1.29 is 49.8 Å². The Kier molecular flexibility index (Phi) is 17.6. The van der Waals surface area contributed by atoms with Gasteiger partial charge in [0.1, 0.15) is 0 Å². The highest BCUT2D eigenvalue weighted by Gasteiger charge is 2.05. The smallest absolute Gasteiger partial charge is 0.335 e. The summed E-state index contributed by atoms with van der Waals surface area (Å²) in [5, 5.41) is 50.0. The number of aliphatic carboxylic acids is 2. The predicted molar refractivity (Wildman–Crippen MR) is 107 cm³/mol. The number of unbranched alkanes of at least 4 members (excludes halogenated alkanes) is 1. The van der Waals surface area contributed by atoms with E-state index < -0.39 is 23.9 Å². The Bertz CT molecular complexity index is 584. The van der Waals surface area contributed by atoms with E-state index in [2.05, 4.69) is 0 Å². The Hall–Kier alpha value is -2.98. The minimum absolute atomic E-state index is 0.0628. The molecule has 0 unspecified atom stereocenters. The van der Waals surface area contributed by atoms with E-state index in [1.165, 1.54) is 24.3 Å². The molecule has 10 nitrogen and oxygen atoms in total. The van der Waals surface area contributed by atoms with Crippen LogP contribution in [0.2, 0.25) is 0 Å². The zero-order chi connectivity index (χ0) is 23.5. The van der Waals surface area contributed by atoms with Gasteiger partial charge in [-0.1, -0.05) is 6.92 Å². The zero-order valence-corrected chi connectivity index (χ0v) is 16.9. The third-order valence-electron chi connectivity index (χ3n) is 3.65. The molecule has 0 heterocycles. The first-order chi connectivity index (χ1) is 14.0. The van der Waals surface area contributed by atoms with E-state index in [1.54, 1.807) is 0 Å². The monoisotopic (exact) mass is 430 g/mol. The molecule has 10 heteroatoms. The molecule has 0 bridgehead atoms. The minimum atomic E-state index is -1.06. The summed E-state index contributed by atoms with van der Waals surface area (Å²) in [5.74, 6) is -3.40. The van der Waals surface area contributed by atoms with E-state index >= 15 is 0 Å². The molecule has 0 fully saturated rings. The van der Waals surface area contributed by atoms with Crippen molar-refractivity contribution in [1.82, 2.24) is 0 Å². The van der Waals surface area contributed by atoms with Gasteiger partial charge in [-0.25, -0.2) is 9.59 Å².